The van der Waals surface area contributed by atoms with Gasteiger partial charge in [0, 0.05) is 11.8 Å². The fraction of sp³-hybridized carbons (Fsp3) is 0.929. The Morgan fingerprint density at radius 3 is 2.56 bits per heavy atom. The smallest absolute Gasteiger partial charge is 0.167 e. The van der Waals surface area contributed by atoms with E-state index in [9.17, 15) is 4.79 Å². The van der Waals surface area contributed by atoms with Gasteiger partial charge in [-0.25, -0.2) is 0 Å². The van der Waals surface area contributed by atoms with Crippen LogP contribution in [-0.4, -0.2) is 17.5 Å². The molecule has 0 aromatic carbocycles. The molecular formula is C14H22O2. The van der Waals surface area contributed by atoms with E-state index in [4.69, 9.17) is 4.74 Å². The average molecular weight is 222 g/mol. The summed E-state index contributed by atoms with van der Waals surface area (Å²) in [6, 6.07) is 0. The van der Waals surface area contributed by atoms with Crippen LogP contribution in [0.4, 0.5) is 0 Å². The number of hydrogen-bond acceptors (Lipinski definition) is 2. The largest absolute Gasteiger partial charge is 0.357 e. The predicted octanol–water partition coefficient (Wildman–Crippen LogP) is 2.95. The fourth-order valence-electron chi connectivity index (χ4n) is 4.56. The summed E-state index contributed by atoms with van der Waals surface area (Å²) in [7, 11) is 0. The molecular weight excluding hydrogens is 200 g/mol. The van der Waals surface area contributed by atoms with Crippen molar-refractivity contribution in [1.82, 2.24) is 0 Å². The SMILES string of the molecule is CC1(C)CCC[C@@]2(C)[C@H]1CC(=O)[C@@]1(C)O[C@@H]21. The van der Waals surface area contributed by atoms with Crippen molar-refractivity contribution in [2.75, 3.05) is 0 Å². The van der Waals surface area contributed by atoms with Crippen LogP contribution in [-0.2, 0) is 9.53 Å². The molecule has 2 saturated carbocycles. The van der Waals surface area contributed by atoms with E-state index >= 15 is 0 Å². The van der Waals surface area contributed by atoms with Gasteiger partial charge >= 0.3 is 0 Å². The molecule has 0 aromatic heterocycles. The highest BCUT2D eigenvalue weighted by Gasteiger charge is 2.72. The zero-order valence-electron chi connectivity index (χ0n) is 10.8. The van der Waals surface area contributed by atoms with Crippen molar-refractivity contribution in [2.45, 2.75) is 65.1 Å². The quantitative estimate of drug-likeness (QED) is 0.590. The van der Waals surface area contributed by atoms with Gasteiger partial charge in [-0.1, -0.05) is 27.2 Å². The molecule has 3 fully saturated rings. The Kier molecular flexibility index (Phi) is 1.83. The van der Waals surface area contributed by atoms with Gasteiger partial charge in [0.25, 0.3) is 0 Å². The van der Waals surface area contributed by atoms with Crippen LogP contribution in [0, 0.1) is 16.7 Å². The molecule has 4 atom stereocenters. The summed E-state index contributed by atoms with van der Waals surface area (Å²) in [5.41, 5.74) is 0.124. The Morgan fingerprint density at radius 2 is 1.88 bits per heavy atom. The normalized spacial score (nSPS) is 54.1. The summed E-state index contributed by atoms with van der Waals surface area (Å²) < 4.78 is 5.79. The van der Waals surface area contributed by atoms with Crippen LogP contribution in [0.1, 0.15) is 53.4 Å². The maximum Gasteiger partial charge on any atom is 0.167 e. The highest BCUT2D eigenvalue weighted by atomic mass is 16.6. The molecule has 1 saturated heterocycles. The minimum atomic E-state index is -0.418. The van der Waals surface area contributed by atoms with Crippen LogP contribution in [0.15, 0.2) is 0 Å². The summed E-state index contributed by atoms with van der Waals surface area (Å²) in [4.78, 5) is 12.1. The summed E-state index contributed by atoms with van der Waals surface area (Å²) in [5.74, 6) is 0.858. The Balaban J connectivity index is 2.00. The van der Waals surface area contributed by atoms with E-state index in [1.54, 1.807) is 0 Å². The summed E-state index contributed by atoms with van der Waals surface area (Å²) in [6.07, 6.45) is 4.70. The van der Waals surface area contributed by atoms with Crippen LogP contribution < -0.4 is 0 Å². The molecule has 3 rings (SSSR count). The maximum absolute atomic E-state index is 12.1. The van der Waals surface area contributed by atoms with E-state index < -0.39 is 5.60 Å². The second kappa shape index (κ2) is 2.72. The third kappa shape index (κ3) is 1.09. The first-order chi connectivity index (χ1) is 7.31. The lowest BCUT2D eigenvalue weighted by Crippen LogP contribution is -2.53. The molecule has 2 aliphatic carbocycles. The molecule has 1 aliphatic heterocycles. The third-order valence-electron chi connectivity index (χ3n) is 5.62. The highest BCUT2D eigenvalue weighted by Crippen LogP contribution is 2.65. The molecule has 16 heavy (non-hydrogen) atoms. The van der Waals surface area contributed by atoms with Crippen LogP contribution in [0.5, 0.6) is 0 Å². The van der Waals surface area contributed by atoms with Crippen molar-refractivity contribution >= 4 is 5.78 Å². The summed E-state index contributed by atoms with van der Waals surface area (Å²) in [5, 5.41) is 0. The van der Waals surface area contributed by atoms with Gasteiger partial charge in [-0.15, -0.1) is 0 Å². The standard InChI is InChI=1S/C14H22O2/c1-12(2)6-5-7-13(3)9(12)8-10(15)14(4)11(13)16-14/h9,11H,5-8H2,1-4H3/t9-,11-,13-,14+/m0/s1. The fourth-order valence-corrected chi connectivity index (χ4v) is 4.56. The van der Waals surface area contributed by atoms with Crippen LogP contribution in [0.2, 0.25) is 0 Å². The topological polar surface area (TPSA) is 29.6 Å². The van der Waals surface area contributed by atoms with Gasteiger partial charge in [-0.2, -0.15) is 0 Å². The second-order valence-corrected chi connectivity index (χ2v) is 7.13. The first-order valence-corrected chi connectivity index (χ1v) is 6.52. The Hall–Kier alpha value is -0.370. The van der Waals surface area contributed by atoms with Gasteiger partial charge in [0.1, 0.15) is 6.10 Å². The number of rotatable bonds is 0. The molecule has 0 aromatic rings. The zero-order chi connectivity index (χ0) is 11.8. The van der Waals surface area contributed by atoms with Crippen LogP contribution in [0.25, 0.3) is 0 Å². The number of carbonyl (C=O) groups is 1. The van der Waals surface area contributed by atoms with Gasteiger partial charge in [-0.3, -0.25) is 4.79 Å². The molecule has 1 heterocycles. The van der Waals surface area contributed by atoms with Gasteiger partial charge in [0.15, 0.2) is 11.4 Å². The van der Waals surface area contributed by atoms with Crippen LogP contribution >= 0.6 is 0 Å². The molecule has 3 aliphatic rings. The van der Waals surface area contributed by atoms with E-state index in [0.29, 0.717) is 17.1 Å². The molecule has 0 N–H and O–H groups in total. The molecule has 0 unspecified atom stereocenters. The highest BCUT2D eigenvalue weighted by molar-refractivity contribution is 5.92. The lowest BCUT2D eigenvalue weighted by atomic mass is 9.50. The number of fused-ring (bicyclic) bond motifs is 3. The molecule has 0 radical (unpaired) electrons. The van der Waals surface area contributed by atoms with Crippen molar-refractivity contribution < 1.29 is 9.53 Å². The maximum atomic E-state index is 12.1. The number of Topliss-reactive ketones (excluding diaryl/α,β-unsaturated/α-hetero) is 1. The summed E-state index contributed by atoms with van der Waals surface area (Å²) >= 11 is 0. The first kappa shape index (κ1) is 10.8. The first-order valence-electron chi connectivity index (χ1n) is 6.52. The Morgan fingerprint density at radius 1 is 1.19 bits per heavy atom. The van der Waals surface area contributed by atoms with E-state index in [-0.39, 0.29) is 11.5 Å². The van der Waals surface area contributed by atoms with E-state index in [1.165, 1.54) is 19.3 Å². The van der Waals surface area contributed by atoms with Crippen molar-refractivity contribution in [1.29, 1.82) is 0 Å². The molecule has 0 spiro atoms. The van der Waals surface area contributed by atoms with Crippen molar-refractivity contribution in [3.63, 3.8) is 0 Å². The van der Waals surface area contributed by atoms with Crippen LogP contribution in [0.3, 0.4) is 0 Å². The number of ether oxygens (including phenoxy) is 1. The number of hydrogen-bond donors (Lipinski definition) is 0. The average Bonchev–Trinajstić information content (AvgIpc) is 2.86. The van der Waals surface area contributed by atoms with Gasteiger partial charge in [-0.05, 0) is 31.1 Å². The zero-order valence-corrected chi connectivity index (χ0v) is 10.8. The van der Waals surface area contributed by atoms with E-state index in [1.807, 2.05) is 6.92 Å². The number of carbonyl (C=O) groups excluding carboxylic acids is 1. The minimum Gasteiger partial charge on any atom is -0.357 e. The second-order valence-electron chi connectivity index (χ2n) is 7.13. The molecule has 0 amide bonds. The van der Waals surface area contributed by atoms with Crippen molar-refractivity contribution in [3.05, 3.63) is 0 Å². The van der Waals surface area contributed by atoms with Crippen molar-refractivity contribution in [2.24, 2.45) is 16.7 Å². The number of epoxide rings is 1. The number of ketones is 1. The molecule has 90 valence electrons. The molecule has 2 nitrogen and oxygen atoms in total. The third-order valence-corrected chi connectivity index (χ3v) is 5.62. The van der Waals surface area contributed by atoms with E-state index in [2.05, 4.69) is 20.8 Å². The monoisotopic (exact) mass is 222 g/mol. The van der Waals surface area contributed by atoms with Gasteiger partial charge in [0.05, 0.1) is 0 Å². The van der Waals surface area contributed by atoms with Crippen molar-refractivity contribution in [3.8, 4) is 0 Å². The minimum absolute atomic E-state index is 0.200. The Bertz CT molecular complexity index is 360. The van der Waals surface area contributed by atoms with Gasteiger partial charge in [0.2, 0.25) is 0 Å². The molecule has 2 heteroatoms. The summed E-state index contributed by atoms with van der Waals surface area (Å²) in [6.45, 7) is 8.99. The Labute approximate surface area is 97.7 Å². The lowest BCUT2D eigenvalue weighted by Gasteiger charge is -2.52. The van der Waals surface area contributed by atoms with E-state index in [0.717, 1.165) is 6.42 Å². The van der Waals surface area contributed by atoms with Gasteiger partial charge < -0.3 is 4.74 Å². The molecule has 0 bridgehead atoms. The predicted molar refractivity (Wildman–Crippen MR) is 62.1 cm³/mol. The lowest BCUT2D eigenvalue weighted by molar-refractivity contribution is -0.131.